The Balaban J connectivity index is 1.74. The number of fused-ring (bicyclic) bond motifs is 5. The third-order valence-corrected chi connectivity index (χ3v) is 6.28. The highest BCUT2D eigenvalue weighted by Gasteiger charge is 2.58. The van der Waals surface area contributed by atoms with Gasteiger partial charge in [-0.05, 0) is 66.7 Å². The third-order valence-electron chi connectivity index (χ3n) is 6.28. The van der Waals surface area contributed by atoms with Gasteiger partial charge in [0.25, 0.3) is 0 Å². The molecule has 0 bridgehead atoms. The van der Waals surface area contributed by atoms with Crippen LogP contribution in [0.1, 0.15) is 49.7 Å². The molecule has 0 aliphatic heterocycles. The molecule has 1 aromatic rings. The summed E-state index contributed by atoms with van der Waals surface area (Å²) in [6.45, 7) is 2.01. The van der Waals surface area contributed by atoms with Crippen molar-refractivity contribution < 1.29 is 14.7 Å². The first-order valence-electron chi connectivity index (χ1n) is 7.90. The Hall–Kier alpha value is -1.64. The van der Waals surface area contributed by atoms with E-state index in [1.807, 2.05) is 19.1 Å². The van der Waals surface area contributed by atoms with Crippen LogP contribution in [0.2, 0.25) is 0 Å². The van der Waals surface area contributed by atoms with Gasteiger partial charge in [-0.25, -0.2) is 0 Å². The van der Waals surface area contributed by atoms with Crippen LogP contribution in [-0.2, 0) is 16.0 Å². The average molecular weight is 284 g/mol. The van der Waals surface area contributed by atoms with Crippen LogP contribution in [0, 0.1) is 17.3 Å². The van der Waals surface area contributed by atoms with Crippen LogP contribution in [0.25, 0.3) is 0 Å². The largest absolute Gasteiger partial charge is 0.508 e. The molecule has 3 aliphatic carbocycles. The third kappa shape index (κ3) is 1.66. The van der Waals surface area contributed by atoms with Gasteiger partial charge >= 0.3 is 0 Å². The maximum absolute atomic E-state index is 12.2. The van der Waals surface area contributed by atoms with Gasteiger partial charge < -0.3 is 5.11 Å². The number of carbonyl (C=O) groups is 2. The second-order valence-corrected chi connectivity index (χ2v) is 7.21. The van der Waals surface area contributed by atoms with Gasteiger partial charge in [0.1, 0.15) is 5.75 Å². The number of Topliss-reactive ketones (excluding diaryl/α,β-unsaturated/α-hetero) is 2. The first kappa shape index (κ1) is 13.1. The summed E-state index contributed by atoms with van der Waals surface area (Å²) in [5.74, 6) is 1.17. The van der Waals surface area contributed by atoms with Crippen LogP contribution in [0.15, 0.2) is 18.2 Å². The van der Waals surface area contributed by atoms with Crippen LogP contribution < -0.4 is 0 Å². The molecule has 2 saturated carbocycles. The first-order valence-corrected chi connectivity index (χ1v) is 7.90. The highest BCUT2D eigenvalue weighted by Crippen LogP contribution is 2.58. The Morgan fingerprint density at radius 3 is 2.86 bits per heavy atom. The van der Waals surface area contributed by atoms with Gasteiger partial charge in [-0.1, -0.05) is 13.0 Å². The van der Waals surface area contributed by atoms with Gasteiger partial charge in [0.05, 0.1) is 0 Å². The molecule has 0 amide bonds. The molecule has 0 saturated heterocycles. The molecule has 3 heteroatoms. The summed E-state index contributed by atoms with van der Waals surface area (Å²) < 4.78 is 0. The molecular weight excluding hydrogens is 264 g/mol. The molecule has 3 aliphatic rings. The number of rotatable bonds is 0. The van der Waals surface area contributed by atoms with Crippen LogP contribution in [-0.4, -0.2) is 16.7 Å². The second-order valence-electron chi connectivity index (χ2n) is 7.21. The Bertz CT molecular complexity index is 648. The monoisotopic (exact) mass is 284 g/mol. The van der Waals surface area contributed by atoms with E-state index in [-0.39, 0.29) is 17.5 Å². The summed E-state index contributed by atoms with van der Waals surface area (Å²) in [4.78, 5) is 24.2. The zero-order valence-electron chi connectivity index (χ0n) is 12.3. The molecule has 110 valence electrons. The zero-order valence-corrected chi connectivity index (χ0v) is 12.3. The summed E-state index contributed by atoms with van der Waals surface area (Å²) in [6, 6.07) is 5.69. The predicted molar refractivity (Wildman–Crippen MR) is 78.1 cm³/mol. The Kier molecular flexibility index (Phi) is 2.60. The quantitative estimate of drug-likeness (QED) is 0.745. The van der Waals surface area contributed by atoms with Crippen molar-refractivity contribution in [3.8, 4) is 5.75 Å². The number of aromatic hydroxyl groups is 1. The van der Waals surface area contributed by atoms with E-state index in [1.54, 1.807) is 6.07 Å². The van der Waals surface area contributed by atoms with Crippen LogP contribution >= 0.6 is 0 Å². The number of hydrogen-bond acceptors (Lipinski definition) is 3. The summed E-state index contributed by atoms with van der Waals surface area (Å²) in [5.41, 5.74) is 2.17. The van der Waals surface area contributed by atoms with Crippen molar-refractivity contribution in [3.63, 3.8) is 0 Å². The van der Waals surface area contributed by atoms with Gasteiger partial charge in [-0.3, -0.25) is 9.59 Å². The molecule has 0 radical (unpaired) electrons. The Labute approximate surface area is 124 Å². The fourth-order valence-electron chi connectivity index (χ4n) is 5.16. The lowest BCUT2D eigenvalue weighted by atomic mass is 9.55. The predicted octanol–water partition coefficient (Wildman–Crippen LogP) is 3.00. The Morgan fingerprint density at radius 2 is 2.05 bits per heavy atom. The van der Waals surface area contributed by atoms with E-state index in [4.69, 9.17) is 0 Å². The maximum Gasteiger partial charge on any atom is 0.204 e. The SMILES string of the molecule is C[C@]12CC[C@H]3c4ccc(O)cc4CC[C@@H]3[C@@H]1CC(=O)C2=O. The zero-order chi connectivity index (χ0) is 14.8. The fourth-order valence-corrected chi connectivity index (χ4v) is 5.16. The minimum absolute atomic E-state index is 0.123. The number of phenolic OH excluding ortho intramolecular Hbond substituents is 1. The van der Waals surface area contributed by atoms with E-state index in [0.717, 1.165) is 25.7 Å². The van der Waals surface area contributed by atoms with E-state index >= 15 is 0 Å². The van der Waals surface area contributed by atoms with E-state index in [0.29, 0.717) is 24.0 Å². The normalized spacial score (nSPS) is 37.9. The van der Waals surface area contributed by atoms with Crippen molar-refractivity contribution in [1.29, 1.82) is 0 Å². The molecule has 21 heavy (non-hydrogen) atoms. The van der Waals surface area contributed by atoms with Crippen LogP contribution in [0.5, 0.6) is 5.75 Å². The lowest BCUT2D eigenvalue weighted by Gasteiger charge is -2.47. The average Bonchev–Trinajstić information content (AvgIpc) is 2.70. The molecule has 0 aromatic heterocycles. The van der Waals surface area contributed by atoms with Gasteiger partial charge in [0.2, 0.25) is 5.78 Å². The molecule has 1 aromatic carbocycles. The maximum atomic E-state index is 12.2. The molecule has 4 atom stereocenters. The number of aryl methyl sites for hydroxylation is 1. The van der Waals surface area contributed by atoms with Gasteiger partial charge in [0, 0.05) is 11.8 Å². The number of benzene rings is 1. The minimum atomic E-state index is -0.410. The van der Waals surface area contributed by atoms with E-state index < -0.39 is 5.41 Å². The second kappa shape index (κ2) is 4.19. The molecule has 0 unspecified atom stereocenters. The van der Waals surface area contributed by atoms with Crippen molar-refractivity contribution in [3.05, 3.63) is 29.3 Å². The first-order chi connectivity index (χ1) is 10.0. The highest BCUT2D eigenvalue weighted by atomic mass is 16.3. The summed E-state index contributed by atoms with van der Waals surface area (Å²) in [7, 11) is 0. The standard InChI is InChI=1S/C18H20O3/c1-18-7-6-13-12-5-3-11(19)8-10(12)2-4-14(13)15(18)9-16(20)17(18)21/h3,5,8,13-15,19H,2,4,6-7,9H2,1H3/t13-,14-,15-,18-/m0/s1. The summed E-state index contributed by atoms with van der Waals surface area (Å²) >= 11 is 0. The lowest BCUT2D eigenvalue weighted by Crippen LogP contribution is -2.42. The highest BCUT2D eigenvalue weighted by molar-refractivity contribution is 6.41. The fraction of sp³-hybridized carbons (Fsp3) is 0.556. The number of ketones is 2. The Morgan fingerprint density at radius 1 is 1.24 bits per heavy atom. The molecular formula is C18H20O3. The van der Waals surface area contributed by atoms with Gasteiger partial charge in [-0.2, -0.15) is 0 Å². The van der Waals surface area contributed by atoms with Crippen molar-refractivity contribution >= 4 is 11.6 Å². The van der Waals surface area contributed by atoms with Crippen molar-refractivity contribution in [2.45, 2.75) is 44.9 Å². The lowest BCUT2D eigenvalue weighted by molar-refractivity contribution is -0.139. The number of phenols is 1. The van der Waals surface area contributed by atoms with Gasteiger partial charge in [-0.15, -0.1) is 0 Å². The van der Waals surface area contributed by atoms with Crippen molar-refractivity contribution in [2.75, 3.05) is 0 Å². The molecule has 0 spiro atoms. The topological polar surface area (TPSA) is 54.4 Å². The number of carbonyl (C=O) groups excluding carboxylic acids is 2. The van der Waals surface area contributed by atoms with Crippen molar-refractivity contribution in [2.24, 2.45) is 17.3 Å². The molecule has 3 nitrogen and oxygen atoms in total. The smallest absolute Gasteiger partial charge is 0.204 e. The minimum Gasteiger partial charge on any atom is -0.508 e. The molecule has 2 fully saturated rings. The summed E-state index contributed by atoms with van der Waals surface area (Å²) in [5, 5.41) is 9.66. The van der Waals surface area contributed by atoms with E-state index in [9.17, 15) is 14.7 Å². The van der Waals surface area contributed by atoms with Crippen LogP contribution in [0.4, 0.5) is 0 Å². The molecule has 0 heterocycles. The van der Waals surface area contributed by atoms with E-state index in [2.05, 4.69) is 0 Å². The van der Waals surface area contributed by atoms with E-state index in [1.165, 1.54) is 11.1 Å². The molecule has 4 rings (SSSR count). The molecule has 1 N–H and O–H groups in total. The number of hydrogen-bond donors (Lipinski definition) is 1. The van der Waals surface area contributed by atoms with Crippen molar-refractivity contribution in [1.82, 2.24) is 0 Å². The van der Waals surface area contributed by atoms with Gasteiger partial charge in [0.15, 0.2) is 5.78 Å². The van der Waals surface area contributed by atoms with Crippen LogP contribution in [0.3, 0.4) is 0 Å². The summed E-state index contributed by atoms with van der Waals surface area (Å²) in [6.07, 6.45) is 4.23.